The molecule has 2 N–H and O–H groups in total. The number of guanidine groups is 1. The van der Waals surface area contributed by atoms with Crippen molar-refractivity contribution in [3.63, 3.8) is 0 Å². The average Bonchev–Trinajstić information content (AvgIpc) is 3.16. The van der Waals surface area contributed by atoms with Crippen molar-refractivity contribution in [2.75, 3.05) is 14.2 Å². The molecule has 120 valence electrons. The summed E-state index contributed by atoms with van der Waals surface area (Å²) >= 11 is 0. The SMILES string of the molecule is CN=C(NCc1ccc(COC)cc1)NC1CC2CCC1O2. The van der Waals surface area contributed by atoms with Crippen LogP contribution in [0.3, 0.4) is 0 Å². The molecule has 1 aromatic rings. The summed E-state index contributed by atoms with van der Waals surface area (Å²) in [6, 6.07) is 8.83. The lowest BCUT2D eigenvalue weighted by Crippen LogP contribution is -2.47. The fraction of sp³-hybridized carbons (Fsp3) is 0.588. The first-order valence-electron chi connectivity index (χ1n) is 7.98. The fourth-order valence-corrected chi connectivity index (χ4v) is 3.27. The zero-order valence-electron chi connectivity index (χ0n) is 13.3. The highest BCUT2D eigenvalue weighted by molar-refractivity contribution is 5.80. The van der Waals surface area contributed by atoms with E-state index in [0.29, 0.717) is 24.9 Å². The Morgan fingerprint density at radius 1 is 1.27 bits per heavy atom. The van der Waals surface area contributed by atoms with E-state index in [2.05, 4.69) is 39.9 Å². The fourth-order valence-electron chi connectivity index (χ4n) is 3.27. The number of rotatable bonds is 5. The van der Waals surface area contributed by atoms with Crippen LogP contribution in [0.15, 0.2) is 29.3 Å². The van der Waals surface area contributed by atoms with Crippen LogP contribution in [0, 0.1) is 0 Å². The molecule has 5 nitrogen and oxygen atoms in total. The number of hydrogen-bond acceptors (Lipinski definition) is 3. The third kappa shape index (κ3) is 3.59. The first kappa shape index (κ1) is 15.3. The third-order valence-electron chi connectivity index (χ3n) is 4.45. The van der Waals surface area contributed by atoms with Crippen molar-refractivity contribution in [2.45, 2.75) is 50.7 Å². The predicted molar refractivity (Wildman–Crippen MR) is 86.8 cm³/mol. The molecule has 2 aliphatic heterocycles. The molecule has 0 amide bonds. The van der Waals surface area contributed by atoms with Gasteiger partial charge in [-0.2, -0.15) is 0 Å². The first-order valence-corrected chi connectivity index (χ1v) is 7.98. The Labute approximate surface area is 132 Å². The Balaban J connectivity index is 1.48. The summed E-state index contributed by atoms with van der Waals surface area (Å²) in [5.41, 5.74) is 2.42. The molecule has 2 bridgehead atoms. The van der Waals surface area contributed by atoms with Crippen molar-refractivity contribution < 1.29 is 9.47 Å². The molecular formula is C17H25N3O2. The van der Waals surface area contributed by atoms with Crippen LogP contribution in [0.4, 0.5) is 0 Å². The predicted octanol–water partition coefficient (Wildman–Crippen LogP) is 1.82. The van der Waals surface area contributed by atoms with Gasteiger partial charge in [-0.1, -0.05) is 24.3 Å². The standard InChI is InChI=1S/C17H25N3O2/c1-18-17(20-15-9-14-7-8-16(15)22-14)19-10-12-3-5-13(6-4-12)11-21-2/h3-6,14-16H,7-11H2,1-2H3,(H2,18,19,20). The zero-order valence-corrected chi connectivity index (χ0v) is 13.3. The number of fused-ring (bicyclic) bond motifs is 2. The second-order valence-electron chi connectivity index (χ2n) is 6.04. The lowest BCUT2D eigenvalue weighted by atomic mass is 9.96. The molecule has 22 heavy (non-hydrogen) atoms. The molecule has 3 atom stereocenters. The van der Waals surface area contributed by atoms with Crippen molar-refractivity contribution >= 4 is 5.96 Å². The van der Waals surface area contributed by atoms with Crippen LogP contribution in [0.1, 0.15) is 30.4 Å². The van der Waals surface area contributed by atoms with Crippen molar-refractivity contribution in [2.24, 2.45) is 4.99 Å². The molecule has 3 unspecified atom stereocenters. The van der Waals surface area contributed by atoms with Crippen LogP contribution in [0.2, 0.25) is 0 Å². The molecule has 0 spiro atoms. The number of nitrogens with one attached hydrogen (secondary N) is 2. The average molecular weight is 303 g/mol. The van der Waals surface area contributed by atoms with E-state index in [1.165, 1.54) is 24.0 Å². The molecule has 2 fully saturated rings. The number of ether oxygens (including phenoxy) is 2. The van der Waals surface area contributed by atoms with E-state index in [4.69, 9.17) is 9.47 Å². The second kappa shape index (κ2) is 7.11. The molecular weight excluding hydrogens is 278 g/mol. The van der Waals surface area contributed by atoms with E-state index >= 15 is 0 Å². The Kier molecular flexibility index (Phi) is 4.95. The lowest BCUT2D eigenvalue weighted by molar-refractivity contribution is 0.0992. The smallest absolute Gasteiger partial charge is 0.191 e. The Morgan fingerprint density at radius 3 is 2.64 bits per heavy atom. The maximum Gasteiger partial charge on any atom is 0.191 e. The monoisotopic (exact) mass is 303 g/mol. The minimum absolute atomic E-state index is 0.358. The van der Waals surface area contributed by atoms with Crippen LogP contribution >= 0.6 is 0 Å². The normalized spacial score (nSPS) is 27.2. The van der Waals surface area contributed by atoms with Gasteiger partial charge in [0, 0.05) is 20.7 Å². The summed E-state index contributed by atoms with van der Waals surface area (Å²) in [6.07, 6.45) is 4.28. The van der Waals surface area contributed by atoms with Gasteiger partial charge < -0.3 is 20.1 Å². The van der Waals surface area contributed by atoms with Gasteiger partial charge in [0.05, 0.1) is 24.9 Å². The molecule has 5 heteroatoms. The minimum Gasteiger partial charge on any atom is -0.380 e. The van der Waals surface area contributed by atoms with E-state index in [0.717, 1.165) is 18.9 Å². The quantitative estimate of drug-likeness (QED) is 0.643. The van der Waals surface area contributed by atoms with E-state index in [-0.39, 0.29) is 0 Å². The van der Waals surface area contributed by atoms with Crippen molar-refractivity contribution in [1.29, 1.82) is 0 Å². The molecule has 3 rings (SSSR count). The molecule has 0 radical (unpaired) electrons. The van der Waals surface area contributed by atoms with Gasteiger partial charge in [0.1, 0.15) is 0 Å². The van der Waals surface area contributed by atoms with Gasteiger partial charge in [-0.3, -0.25) is 4.99 Å². The first-order chi connectivity index (χ1) is 10.8. The van der Waals surface area contributed by atoms with E-state index in [9.17, 15) is 0 Å². The number of benzene rings is 1. The highest BCUT2D eigenvalue weighted by atomic mass is 16.5. The maximum atomic E-state index is 5.87. The Bertz CT molecular complexity index is 515. The summed E-state index contributed by atoms with van der Waals surface area (Å²) in [6.45, 7) is 1.41. The van der Waals surface area contributed by atoms with Crippen molar-refractivity contribution in [1.82, 2.24) is 10.6 Å². The summed E-state index contributed by atoms with van der Waals surface area (Å²) in [7, 11) is 3.52. The van der Waals surface area contributed by atoms with Crippen LogP contribution in [0.5, 0.6) is 0 Å². The van der Waals surface area contributed by atoms with Gasteiger partial charge in [-0.15, -0.1) is 0 Å². The second-order valence-corrected chi connectivity index (χ2v) is 6.04. The number of nitrogens with zero attached hydrogens (tertiary/aromatic N) is 1. The van der Waals surface area contributed by atoms with E-state index in [1.54, 1.807) is 7.11 Å². The largest absolute Gasteiger partial charge is 0.380 e. The Hall–Kier alpha value is -1.59. The van der Waals surface area contributed by atoms with Crippen molar-refractivity contribution in [3.8, 4) is 0 Å². The number of aliphatic imine (C=N–C) groups is 1. The number of hydrogen-bond donors (Lipinski definition) is 2. The van der Waals surface area contributed by atoms with Gasteiger partial charge in [0.2, 0.25) is 0 Å². The van der Waals surface area contributed by atoms with Crippen LogP contribution < -0.4 is 10.6 Å². The molecule has 2 aliphatic rings. The molecule has 1 aromatic carbocycles. The molecule has 0 saturated carbocycles. The molecule has 2 saturated heterocycles. The zero-order chi connectivity index (χ0) is 15.4. The van der Waals surface area contributed by atoms with Crippen LogP contribution in [0.25, 0.3) is 0 Å². The topological polar surface area (TPSA) is 54.9 Å². The van der Waals surface area contributed by atoms with Gasteiger partial charge in [-0.25, -0.2) is 0 Å². The lowest BCUT2D eigenvalue weighted by Gasteiger charge is -2.22. The van der Waals surface area contributed by atoms with Crippen LogP contribution in [-0.4, -0.2) is 38.4 Å². The highest BCUT2D eigenvalue weighted by Crippen LogP contribution is 2.34. The van der Waals surface area contributed by atoms with Gasteiger partial charge in [0.25, 0.3) is 0 Å². The third-order valence-corrected chi connectivity index (χ3v) is 4.45. The highest BCUT2D eigenvalue weighted by Gasteiger charge is 2.41. The molecule has 0 aromatic heterocycles. The summed E-state index contributed by atoms with van der Waals surface area (Å²) in [5, 5.41) is 6.87. The summed E-state index contributed by atoms with van der Waals surface area (Å²) < 4.78 is 11.0. The number of methoxy groups -OCH3 is 1. The molecule has 0 aliphatic carbocycles. The molecule has 2 heterocycles. The van der Waals surface area contributed by atoms with E-state index < -0.39 is 0 Å². The van der Waals surface area contributed by atoms with Gasteiger partial charge >= 0.3 is 0 Å². The van der Waals surface area contributed by atoms with Crippen LogP contribution in [-0.2, 0) is 22.6 Å². The summed E-state index contributed by atoms with van der Waals surface area (Å²) in [5.74, 6) is 0.849. The maximum absolute atomic E-state index is 5.87. The van der Waals surface area contributed by atoms with E-state index in [1.807, 2.05) is 7.05 Å². The van der Waals surface area contributed by atoms with Crippen molar-refractivity contribution in [3.05, 3.63) is 35.4 Å². The van der Waals surface area contributed by atoms with Gasteiger partial charge in [0.15, 0.2) is 5.96 Å². The minimum atomic E-state index is 0.358. The van der Waals surface area contributed by atoms with Gasteiger partial charge in [-0.05, 0) is 30.4 Å². The Morgan fingerprint density at radius 2 is 2.05 bits per heavy atom. The summed E-state index contributed by atoms with van der Waals surface area (Å²) in [4.78, 5) is 4.32.